The molecule has 1 amide bonds. The van der Waals surface area contributed by atoms with Gasteiger partial charge in [0.25, 0.3) is 0 Å². The van der Waals surface area contributed by atoms with E-state index in [9.17, 15) is 4.79 Å². The summed E-state index contributed by atoms with van der Waals surface area (Å²) in [7, 11) is 1.88. The first kappa shape index (κ1) is 11.7. The molecule has 1 aromatic carbocycles. The van der Waals surface area contributed by atoms with Gasteiger partial charge in [0.2, 0.25) is 5.91 Å². The number of amides is 1. The number of anilines is 1. The summed E-state index contributed by atoms with van der Waals surface area (Å²) in [4.78, 5) is 14.3. The van der Waals surface area contributed by atoms with Crippen molar-refractivity contribution in [2.75, 3.05) is 18.5 Å². The fraction of sp³-hybridized carbons (Fsp3) is 0.533. The molecule has 1 saturated carbocycles. The average molecular weight is 244 g/mol. The van der Waals surface area contributed by atoms with Crippen LogP contribution in [0, 0.1) is 11.8 Å². The van der Waals surface area contributed by atoms with E-state index in [0.29, 0.717) is 5.92 Å². The van der Waals surface area contributed by atoms with E-state index >= 15 is 0 Å². The largest absolute Gasteiger partial charge is 0.314 e. The van der Waals surface area contributed by atoms with Crippen LogP contribution in [0.4, 0.5) is 5.69 Å². The predicted molar refractivity (Wildman–Crippen MR) is 72.5 cm³/mol. The lowest BCUT2D eigenvalue weighted by atomic mass is 9.93. The van der Waals surface area contributed by atoms with E-state index in [1.54, 1.807) is 4.90 Å². The van der Waals surface area contributed by atoms with Gasteiger partial charge < -0.3 is 10.2 Å². The number of carbonyl (C=O) groups is 1. The monoisotopic (exact) mass is 244 g/mol. The van der Waals surface area contributed by atoms with Gasteiger partial charge in [-0.05, 0) is 43.4 Å². The van der Waals surface area contributed by atoms with E-state index in [1.807, 2.05) is 37.4 Å². The first-order valence-electron chi connectivity index (χ1n) is 6.83. The van der Waals surface area contributed by atoms with Gasteiger partial charge in [0.15, 0.2) is 0 Å². The molecule has 0 aromatic heterocycles. The quantitative estimate of drug-likeness (QED) is 0.863. The van der Waals surface area contributed by atoms with Gasteiger partial charge in [0.1, 0.15) is 0 Å². The van der Waals surface area contributed by atoms with E-state index in [4.69, 9.17) is 0 Å². The molecule has 3 heteroatoms. The first-order valence-corrected chi connectivity index (χ1v) is 6.83. The number of nitrogens with zero attached hydrogens (tertiary/aromatic N) is 1. The van der Waals surface area contributed by atoms with Crippen LogP contribution in [0.15, 0.2) is 30.3 Å². The van der Waals surface area contributed by atoms with Crippen LogP contribution in [-0.2, 0) is 4.79 Å². The Morgan fingerprint density at radius 3 is 2.83 bits per heavy atom. The number of hydrogen-bond donors (Lipinski definition) is 1. The Bertz CT molecular complexity index is 431. The summed E-state index contributed by atoms with van der Waals surface area (Å²) in [6.07, 6.45) is 3.78. The molecule has 2 aliphatic rings. The van der Waals surface area contributed by atoms with Gasteiger partial charge in [-0.2, -0.15) is 0 Å². The Morgan fingerprint density at radius 2 is 2.06 bits per heavy atom. The molecular formula is C15H20N2O. The van der Waals surface area contributed by atoms with Crippen LogP contribution in [0.3, 0.4) is 0 Å². The molecule has 1 aliphatic carbocycles. The molecular weight excluding hydrogens is 224 g/mol. The van der Waals surface area contributed by atoms with Gasteiger partial charge in [-0.15, -0.1) is 0 Å². The molecule has 0 radical (unpaired) electrons. The third-order valence-corrected chi connectivity index (χ3v) is 4.49. The van der Waals surface area contributed by atoms with Crippen LogP contribution in [0.1, 0.15) is 19.3 Å². The molecule has 1 N–H and O–H groups in total. The second kappa shape index (κ2) is 4.73. The highest BCUT2D eigenvalue weighted by atomic mass is 16.2. The summed E-state index contributed by atoms with van der Waals surface area (Å²) < 4.78 is 0. The van der Waals surface area contributed by atoms with Crippen LogP contribution in [0.25, 0.3) is 0 Å². The minimum atomic E-state index is 0.0303. The Labute approximate surface area is 108 Å². The third kappa shape index (κ3) is 1.93. The van der Waals surface area contributed by atoms with Crippen LogP contribution in [0.5, 0.6) is 0 Å². The van der Waals surface area contributed by atoms with Gasteiger partial charge in [0, 0.05) is 12.7 Å². The highest BCUT2D eigenvalue weighted by Gasteiger charge is 2.43. The molecule has 3 nitrogen and oxygen atoms in total. The normalized spacial score (nSPS) is 30.2. The Hall–Kier alpha value is -1.35. The van der Waals surface area contributed by atoms with E-state index in [-0.39, 0.29) is 11.9 Å². The summed E-state index contributed by atoms with van der Waals surface area (Å²) >= 11 is 0. The minimum Gasteiger partial charge on any atom is -0.314 e. The van der Waals surface area contributed by atoms with Crippen LogP contribution < -0.4 is 10.2 Å². The lowest BCUT2D eigenvalue weighted by Crippen LogP contribution is -2.44. The van der Waals surface area contributed by atoms with E-state index in [2.05, 4.69) is 5.32 Å². The maximum Gasteiger partial charge on any atom is 0.244 e. The SMILES string of the molecule is CN(C(=O)[C@H]1NCC2CCCC21)c1ccccc1. The number of nitrogens with one attached hydrogen (secondary N) is 1. The zero-order valence-corrected chi connectivity index (χ0v) is 10.8. The topological polar surface area (TPSA) is 32.3 Å². The summed E-state index contributed by atoms with van der Waals surface area (Å²) in [5.74, 6) is 1.50. The minimum absolute atomic E-state index is 0.0303. The number of benzene rings is 1. The van der Waals surface area contributed by atoms with Crippen molar-refractivity contribution in [3.05, 3.63) is 30.3 Å². The van der Waals surface area contributed by atoms with Crippen molar-refractivity contribution in [1.82, 2.24) is 5.32 Å². The van der Waals surface area contributed by atoms with E-state index in [0.717, 1.165) is 18.2 Å². The molecule has 0 bridgehead atoms. The summed E-state index contributed by atoms with van der Waals surface area (Å²) in [6, 6.07) is 9.92. The lowest BCUT2D eigenvalue weighted by molar-refractivity contribution is -0.120. The summed E-state index contributed by atoms with van der Waals surface area (Å²) in [5, 5.41) is 3.42. The number of para-hydroxylation sites is 1. The Kier molecular flexibility index (Phi) is 3.08. The molecule has 0 spiro atoms. The van der Waals surface area contributed by atoms with Crippen molar-refractivity contribution < 1.29 is 4.79 Å². The predicted octanol–water partition coefficient (Wildman–Crippen LogP) is 2.04. The summed E-state index contributed by atoms with van der Waals surface area (Å²) in [6.45, 7) is 1.02. The average Bonchev–Trinajstić information content (AvgIpc) is 3.00. The molecule has 96 valence electrons. The first-order chi connectivity index (χ1) is 8.77. The van der Waals surface area contributed by atoms with Crippen molar-refractivity contribution in [1.29, 1.82) is 0 Å². The molecule has 1 saturated heterocycles. The highest BCUT2D eigenvalue weighted by molar-refractivity contribution is 5.97. The van der Waals surface area contributed by atoms with Crippen molar-refractivity contribution in [2.45, 2.75) is 25.3 Å². The molecule has 1 aromatic rings. The van der Waals surface area contributed by atoms with Crippen molar-refractivity contribution in [3.8, 4) is 0 Å². The van der Waals surface area contributed by atoms with Crippen molar-refractivity contribution in [3.63, 3.8) is 0 Å². The zero-order valence-electron chi connectivity index (χ0n) is 10.8. The molecule has 2 fully saturated rings. The van der Waals surface area contributed by atoms with E-state index in [1.165, 1.54) is 19.3 Å². The standard InChI is InChI=1S/C15H20N2O/c1-17(12-7-3-2-4-8-12)15(18)14-13-9-5-6-11(13)10-16-14/h2-4,7-8,11,13-14,16H,5-6,9-10H2,1H3/t11?,13?,14-/m0/s1. The molecule has 2 unspecified atom stereocenters. The number of likely N-dealkylation sites (N-methyl/N-ethyl adjacent to an activating group) is 1. The number of carbonyl (C=O) groups excluding carboxylic acids is 1. The molecule has 18 heavy (non-hydrogen) atoms. The highest BCUT2D eigenvalue weighted by Crippen LogP contribution is 2.38. The number of rotatable bonds is 2. The third-order valence-electron chi connectivity index (χ3n) is 4.49. The fourth-order valence-corrected chi connectivity index (χ4v) is 3.45. The van der Waals surface area contributed by atoms with Gasteiger partial charge in [0.05, 0.1) is 6.04 Å². The second-order valence-electron chi connectivity index (χ2n) is 5.47. The molecule has 1 heterocycles. The Balaban J connectivity index is 1.75. The van der Waals surface area contributed by atoms with Gasteiger partial charge in [-0.25, -0.2) is 0 Å². The number of hydrogen-bond acceptors (Lipinski definition) is 2. The van der Waals surface area contributed by atoms with Crippen molar-refractivity contribution >= 4 is 11.6 Å². The summed E-state index contributed by atoms with van der Waals surface area (Å²) in [5.41, 5.74) is 0.978. The lowest BCUT2D eigenvalue weighted by Gasteiger charge is -2.24. The Morgan fingerprint density at radius 1 is 1.28 bits per heavy atom. The van der Waals surface area contributed by atoms with E-state index < -0.39 is 0 Å². The molecule has 1 aliphatic heterocycles. The van der Waals surface area contributed by atoms with Gasteiger partial charge >= 0.3 is 0 Å². The zero-order chi connectivity index (χ0) is 12.5. The molecule has 3 atom stereocenters. The van der Waals surface area contributed by atoms with Crippen LogP contribution in [0.2, 0.25) is 0 Å². The second-order valence-corrected chi connectivity index (χ2v) is 5.47. The maximum absolute atomic E-state index is 12.6. The maximum atomic E-state index is 12.6. The van der Waals surface area contributed by atoms with Gasteiger partial charge in [-0.3, -0.25) is 4.79 Å². The number of fused-ring (bicyclic) bond motifs is 1. The smallest absolute Gasteiger partial charge is 0.244 e. The van der Waals surface area contributed by atoms with Crippen LogP contribution >= 0.6 is 0 Å². The van der Waals surface area contributed by atoms with Crippen LogP contribution in [-0.4, -0.2) is 25.5 Å². The molecule has 3 rings (SSSR count). The van der Waals surface area contributed by atoms with Gasteiger partial charge in [-0.1, -0.05) is 24.6 Å². The van der Waals surface area contributed by atoms with Crippen molar-refractivity contribution in [2.24, 2.45) is 11.8 Å². The fourth-order valence-electron chi connectivity index (χ4n) is 3.45.